The van der Waals surface area contributed by atoms with Crippen LogP contribution in [0.15, 0.2) is 77.8 Å². The van der Waals surface area contributed by atoms with Gasteiger partial charge < -0.3 is 9.47 Å². The zero-order valence-corrected chi connectivity index (χ0v) is 19.6. The number of esters is 1. The lowest BCUT2D eigenvalue weighted by atomic mass is 10.1. The summed E-state index contributed by atoms with van der Waals surface area (Å²) < 4.78 is 11.2. The number of hydrogen-bond acceptors (Lipinski definition) is 4. The lowest BCUT2D eigenvalue weighted by molar-refractivity contribution is 0.0734. The van der Waals surface area contributed by atoms with Crippen molar-refractivity contribution in [2.24, 2.45) is 4.99 Å². The first-order valence-electron chi connectivity index (χ1n) is 11.9. The summed E-state index contributed by atoms with van der Waals surface area (Å²) in [5.74, 6) is 0.872. The van der Waals surface area contributed by atoms with Crippen LogP contribution in [0.2, 0.25) is 0 Å². The minimum absolute atomic E-state index is 0.392. The highest BCUT2D eigenvalue weighted by atomic mass is 16.5. The molecule has 172 valence electrons. The lowest BCUT2D eigenvalue weighted by Gasteiger charge is -2.07. The average Bonchev–Trinajstić information content (AvgIpc) is 2.86. The van der Waals surface area contributed by atoms with Gasteiger partial charge in [-0.1, -0.05) is 45.2 Å². The second-order valence-electron chi connectivity index (χ2n) is 8.07. The van der Waals surface area contributed by atoms with E-state index in [-0.39, 0.29) is 0 Å². The predicted octanol–water partition coefficient (Wildman–Crippen LogP) is 7.57. The number of aliphatic imine (C=N–C) groups is 1. The van der Waals surface area contributed by atoms with E-state index in [1.165, 1.54) is 18.4 Å². The summed E-state index contributed by atoms with van der Waals surface area (Å²) in [6, 6.07) is 22.7. The van der Waals surface area contributed by atoms with E-state index in [2.05, 4.69) is 31.0 Å². The molecular formula is C29H33NO3. The third-order valence-corrected chi connectivity index (χ3v) is 5.32. The van der Waals surface area contributed by atoms with Gasteiger partial charge in [-0.3, -0.25) is 4.99 Å². The third-order valence-electron chi connectivity index (χ3n) is 5.32. The fourth-order valence-electron chi connectivity index (χ4n) is 3.30. The van der Waals surface area contributed by atoms with Gasteiger partial charge >= 0.3 is 5.97 Å². The summed E-state index contributed by atoms with van der Waals surface area (Å²) in [7, 11) is 0. The van der Waals surface area contributed by atoms with E-state index in [0.29, 0.717) is 17.9 Å². The van der Waals surface area contributed by atoms with E-state index >= 15 is 0 Å². The van der Waals surface area contributed by atoms with Gasteiger partial charge in [0.05, 0.1) is 17.9 Å². The first-order valence-corrected chi connectivity index (χ1v) is 11.9. The molecule has 3 rings (SSSR count). The van der Waals surface area contributed by atoms with Gasteiger partial charge in [-0.25, -0.2) is 4.79 Å². The Hall–Kier alpha value is -3.40. The standard InChI is InChI=1S/C29H33NO3/c1-3-5-7-21-32-27-19-13-25(14-20-27)29(31)33-28-17-11-24(12-18-28)22-30-26-15-9-23(10-16-26)8-6-4-2/h9-20,22H,3-8,21H2,1-2H3. The fraction of sp³-hybridized carbons (Fsp3) is 0.310. The molecule has 4 heteroatoms. The Kier molecular flexibility index (Phi) is 9.71. The Balaban J connectivity index is 1.50. The van der Waals surface area contributed by atoms with Crippen LogP contribution in [0.4, 0.5) is 5.69 Å². The largest absolute Gasteiger partial charge is 0.494 e. The molecule has 0 atom stereocenters. The molecule has 3 aromatic carbocycles. The quantitative estimate of drug-likeness (QED) is 0.125. The van der Waals surface area contributed by atoms with E-state index in [1.807, 2.05) is 30.5 Å². The first kappa shape index (κ1) is 24.2. The molecule has 0 unspecified atom stereocenters. The van der Waals surface area contributed by atoms with Crippen molar-refractivity contribution in [2.75, 3.05) is 6.61 Å². The highest BCUT2D eigenvalue weighted by molar-refractivity contribution is 5.91. The summed E-state index contributed by atoms with van der Waals surface area (Å²) in [5.41, 5.74) is 3.69. The molecular weight excluding hydrogens is 410 g/mol. The molecule has 0 aliphatic heterocycles. The Morgan fingerprint density at radius 1 is 0.788 bits per heavy atom. The maximum atomic E-state index is 12.4. The van der Waals surface area contributed by atoms with Gasteiger partial charge in [0, 0.05) is 6.21 Å². The molecule has 0 saturated carbocycles. The molecule has 4 nitrogen and oxygen atoms in total. The summed E-state index contributed by atoms with van der Waals surface area (Å²) >= 11 is 0. The van der Waals surface area contributed by atoms with Crippen molar-refractivity contribution in [3.8, 4) is 11.5 Å². The first-order chi connectivity index (χ1) is 16.2. The average molecular weight is 444 g/mol. The number of benzene rings is 3. The van der Waals surface area contributed by atoms with E-state index < -0.39 is 5.97 Å². The highest BCUT2D eigenvalue weighted by Gasteiger charge is 2.09. The minimum Gasteiger partial charge on any atom is -0.494 e. The second-order valence-corrected chi connectivity index (χ2v) is 8.07. The zero-order chi connectivity index (χ0) is 23.3. The van der Waals surface area contributed by atoms with Crippen LogP contribution in [-0.2, 0) is 6.42 Å². The number of hydrogen-bond donors (Lipinski definition) is 0. The maximum Gasteiger partial charge on any atom is 0.343 e. The normalized spacial score (nSPS) is 11.0. The van der Waals surface area contributed by atoms with Crippen molar-refractivity contribution in [1.82, 2.24) is 0 Å². The minimum atomic E-state index is -0.392. The molecule has 0 aliphatic rings. The highest BCUT2D eigenvalue weighted by Crippen LogP contribution is 2.18. The lowest BCUT2D eigenvalue weighted by Crippen LogP contribution is -2.08. The van der Waals surface area contributed by atoms with Gasteiger partial charge in [0.15, 0.2) is 0 Å². The van der Waals surface area contributed by atoms with Gasteiger partial charge in [-0.2, -0.15) is 0 Å². The van der Waals surface area contributed by atoms with E-state index in [1.54, 1.807) is 36.4 Å². The van der Waals surface area contributed by atoms with Crippen LogP contribution in [0, 0.1) is 0 Å². The Morgan fingerprint density at radius 2 is 1.45 bits per heavy atom. The van der Waals surface area contributed by atoms with Crippen LogP contribution in [0.5, 0.6) is 11.5 Å². The molecule has 0 saturated heterocycles. The maximum absolute atomic E-state index is 12.4. The van der Waals surface area contributed by atoms with Crippen molar-refractivity contribution in [3.63, 3.8) is 0 Å². The van der Waals surface area contributed by atoms with Crippen molar-refractivity contribution >= 4 is 17.9 Å². The van der Waals surface area contributed by atoms with Crippen molar-refractivity contribution in [1.29, 1.82) is 0 Å². The van der Waals surface area contributed by atoms with Crippen LogP contribution in [0.1, 0.15) is 67.4 Å². The van der Waals surface area contributed by atoms with Crippen molar-refractivity contribution < 1.29 is 14.3 Å². The molecule has 0 aliphatic carbocycles. The number of carbonyl (C=O) groups excluding carboxylic acids is 1. The zero-order valence-electron chi connectivity index (χ0n) is 19.6. The molecule has 0 fully saturated rings. The summed E-state index contributed by atoms with van der Waals surface area (Å²) in [4.78, 5) is 17.0. The van der Waals surface area contributed by atoms with Crippen LogP contribution < -0.4 is 9.47 Å². The fourth-order valence-corrected chi connectivity index (χ4v) is 3.30. The summed E-state index contributed by atoms with van der Waals surface area (Å²) in [5, 5.41) is 0. The predicted molar refractivity (Wildman–Crippen MR) is 135 cm³/mol. The number of carbonyl (C=O) groups is 1. The molecule has 0 heterocycles. The van der Waals surface area contributed by atoms with E-state index in [0.717, 1.165) is 42.7 Å². The second kappa shape index (κ2) is 13.2. The molecule has 0 amide bonds. The summed E-state index contributed by atoms with van der Waals surface area (Å²) in [6.07, 6.45) is 8.68. The van der Waals surface area contributed by atoms with Crippen LogP contribution >= 0.6 is 0 Å². The molecule has 33 heavy (non-hydrogen) atoms. The number of ether oxygens (including phenoxy) is 2. The topological polar surface area (TPSA) is 47.9 Å². The molecule has 0 aromatic heterocycles. The Labute approximate surface area is 197 Å². The smallest absolute Gasteiger partial charge is 0.343 e. The number of rotatable bonds is 12. The molecule has 0 radical (unpaired) electrons. The van der Waals surface area contributed by atoms with Crippen LogP contribution in [0.3, 0.4) is 0 Å². The molecule has 3 aromatic rings. The summed E-state index contributed by atoms with van der Waals surface area (Å²) in [6.45, 7) is 5.06. The molecule has 0 spiro atoms. The van der Waals surface area contributed by atoms with Crippen LogP contribution in [0.25, 0.3) is 0 Å². The third kappa shape index (κ3) is 8.23. The van der Waals surface area contributed by atoms with E-state index in [9.17, 15) is 4.79 Å². The van der Waals surface area contributed by atoms with E-state index in [4.69, 9.17) is 9.47 Å². The van der Waals surface area contributed by atoms with Crippen LogP contribution in [-0.4, -0.2) is 18.8 Å². The number of nitrogens with zero attached hydrogens (tertiary/aromatic N) is 1. The van der Waals surface area contributed by atoms with Crippen molar-refractivity contribution in [2.45, 2.75) is 52.4 Å². The molecule has 0 bridgehead atoms. The van der Waals surface area contributed by atoms with Crippen molar-refractivity contribution in [3.05, 3.63) is 89.5 Å². The number of aryl methyl sites for hydroxylation is 1. The van der Waals surface area contributed by atoms with Gasteiger partial charge in [0.2, 0.25) is 0 Å². The van der Waals surface area contributed by atoms with Gasteiger partial charge in [-0.15, -0.1) is 0 Å². The van der Waals surface area contributed by atoms with Gasteiger partial charge in [-0.05, 0) is 91.1 Å². The number of unbranched alkanes of at least 4 members (excludes halogenated alkanes) is 3. The van der Waals surface area contributed by atoms with Gasteiger partial charge in [0.1, 0.15) is 11.5 Å². The monoisotopic (exact) mass is 443 g/mol. The SMILES string of the molecule is CCCCCOc1ccc(C(=O)Oc2ccc(C=Nc3ccc(CCCC)cc3)cc2)cc1. The molecule has 0 N–H and O–H groups in total. The Morgan fingerprint density at radius 3 is 2.12 bits per heavy atom. The van der Waals surface area contributed by atoms with Gasteiger partial charge in [0.25, 0.3) is 0 Å². The Bertz CT molecular complexity index is 1010.